The van der Waals surface area contributed by atoms with Gasteiger partial charge in [0.05, 0.1) is 0 Å². The molecule has 1 aliphatic heterocycles. The van der Waals surface area contributed by atoms with Gasteiger partial charge in [-0.15, -0.1) is 0 Å². The van der Waals surface area contributed by atoms with E-state index >= 15 is 0 Å². The second-order valence-electron chi connectivity index (χ2n) is 5.54. The number of fused-ring (bicyclic) bond motifs is 1. The molecule has 0 amide bonds. The second kappa shape index (κ2) is 5.09. The Morgan fingerprint density at radius 3 is 2.67 bits per heavy atom. The lowest BCUT2D eigenvalue weighted by atomic mass is 10.1. The lowest BCUT2D eigenvalue weighted by Gasteiger charge is -2.16. The molecule has 1 N–H and O–H groups in total. The Hall–Kier alpha value is -1.38. The topological polar surface area (TPSA) is 30.5 Å². The highest BCUT2D eigenvalue weighted by atomic mass is 16.7. The van der Waals surface area contributed by atoms with Crippen LogP contribution in [-0.2, 0) is 0 Å². The summed E-state index contributed by atoms with van der Waals surface area (Å²) >= 11 is 0. The van der Waals surface area contributed by atoms with E-state index < -0.39 is 5.79 Å². The Bertz CT molecular complexity index is 415. The smallest absolute Gasteiger partial charge is 0.246 e. The summed E-state index contributed by atoms with van der Waals surface area (Å²) in [6, 6.07) is 6.03. The molecule has 0 fully saturated rings. The van der Waals surface area contributed by atoms with Crippen LogP contribution in [-0.4, -0.2) is 12.3 Å². The number of anilines is 1. The van der Waals surface area contributed by atoms with Gasteiger partial charge >= 0.3 is 0 Å². The minimum Gasteiger partial charge on any atom is -0.449 e. The molecule has 100 valence electrons. The predicted molar refractivity (Wildman–Crippen MR) is 74.3 cm³/mol. The summed E-state index contributed by atoms with van der Waals surface area (Å²) in [4.78, 5) is 0. The standard InChI is InChI=1S/C15H23NO2/c1-5-6-11(2)10-16-12-7-8-13-14(9-12)18-15(3,4)17-13/h7-9,11,16H,5-6,10H2,1-4H3. The highest BCUT2D eigenvalue weighted by molar-refractivity contribution is 5.56. The molecule has 0 spiro atoms. The first-order valence-corrected chi connectivity index (χ1v) is 6.76. The summed E-state index contributed by atoms with van der Waals surface area (Å²) in [5.41, 5.74) is 1.10. The second-order valence-corrected chi connectivity index (χ2v) is 5.54. The Balaban J connectivity index is 1.97. The van der Waals surface area contributed by atoms with Crippen molar-refractivity contribution < 1.29 is 9.47 Å². The number of nitrogens with one attached hydrogen (secondary N) is 1. The van der Waals surface area contributed by atoms with Crippen LogP contribution in [0.5, 0.6) is 11.5 Å². The van der Waals surface area contributed by atoms with Gasteiger partial charge in [-0.05, 0) is 24.5 Å². The summed E-state index contributed by atoms with van der Waals surface area (Å²) in [6.07, 6.45) is 2.49. The third kappa shape index (κ3) is 3.09. The van der Waals surface area contributed by atoms with Crippen LogP contribution in [0.25, 0.3) is 0 Å². The fourth-order valence-electron chi connectivity index (χ4n) is 2.22. The monoisotopic (exact) mass is 249 g/mol. The molecule has 3 nitrogen and oxygen atoms in total. The van der Waals surface area contributed by atoms with Crippen molar-refractivity contribution in [2.45, 2.75) is 46.3 Å². The molecule has 1 atom stereocenters. The fourth-order valence-corrected chi connectivity index (χ4v) is 2.22. The van der Waals surface area contributed by atoms with Crippen LogP contribution in [0.15, 0.2) is 18.2 Å². The third-order valence-corrected chi connectivity index (χ3v) is 3.09. The van der Waals surface area contributed by atoms with E-state index in [-0.39, 0.29) is 0 Å². The van der Waals surface area contributed by atoms with E-state index in [2.05, 4.69) is 19.2 Å². The molecule has 0 radical (unpaired) electrons. The average molecular weight is 249 g/mol. The summed E-state index contributed by atoms with van der Waals surface area (Å²) in [7, 11) is 0. The van der Waals surface area contributed by atoms with Crippen molar-refractivity contribution in [1.82, 2.24) is 0 Å². The first-order valence-electron chi connectivity index (χ1n) is 6.76. The van der Waals surface area contributed by atoms with E-state index in [9.17, 15) is 0 Å². The highest BCUT2D eigenvalue weighted by Crippen LogP contribution is 2.40. The van der Waals surface area contributed by atoms with Crippen LogP contribution in [0.3, 0.4) is 0 Å². The van der Waals surface area contributed by atoms with Gasteiger partial charge in [-0.25, -0.2) is 0 Å². The number of rotatable bonds is 5. The van der Waals surface area contributed by atoms with Crippen molar-refractivity contribution in [1.29, 1.82) is 0 Å². The largest absolute Gasteiger partial charge is 0.449 e. The van der Waals surface area contributed by atoms with Gasteiger partial charge in [0, 0.05) is 32.1 Å². The van der Waals surface area contributed by atoms with E-state index in [0.29, 0.717) is 5.92 Å². The summed E-state index contributed by atoms with van der Waals surface area (Å²) < 4.78 is 11.4. The molecule has 1 aromatic rings. The van der Waals surface area contributed by atoms with Gasteiger partial charge < -0.3 is 14.8 Å². The molecule has 18 heavy (non-hydrogen) atoms. The summed E-state index contributed by atoms with van der Waals surface area (Å²) in [6.45, 7) is 9.33. The Labute approximate surface area is 109 Å². The van der Waals surface area contributed by atoms with E-state index in [1.807, 2.05) is 32.0 Å². The zero-order chi connectivity index (χ0) is 13.2. The molecule has 1 aliphatic rings. The summed E-state index contributed by atoms with van der Waals surface area (Å²) in [5.74, 6) is 1.80. The quantitative estimate of drug-likeness (QED) is 0.854. The van der Waals surface area contributed by atoms with Crippen molar-refractivity contribution in [3.05, 3.63) is 18.2 Å². The fraction of sp³-hybridized carbons (Fsp3) is 0.600. The highest BCUT2D eigenvalue weighted by Gasteiger charge is 2.31. The van der Waals surface area contributed by atoms with Crippen LogP contribution in [0.1, 0.15) is 40.5 Å². The van der Waals surface area contributed by atoms with Crippen molar-refractivity contribution in [2.24, 2.45) is 5.92 Å². The zero-order valence-corrected chi connectivity index (χ0v) is 11.7. The van der Waals surface area contributed by atoms with Crippen molar-refractivity contribution in [2.75, 3.05) is 11.9 Å². The predicted octanol–water partition coefficient (Wildman–Crippen LogP) is 4.04. The molecular formula is C15H23NO2. The maximum Gasteiger partial charge on any atom is 0.246 e. The van der Waals surface area contributed by atoms with E-state index in [4.69, 9.17) is 9.47 Å². The normalized spacial score (nSPS) is 17.6. The molecule has 1 aromatic carbocycles. The molecule has 0 saturated carbocycles. The van der Waals surface area contributed by atoms with Gasteiger partial charge in [0.15, 0.2) is 11.5 Å². The molecule has 2 rings (SSSR count). The van der Waals surface area contributed by atoms with Gasteiger partial charge in [0.1, 0.15) is 0 Å². The van der Waals surface area contributed by atoms with Crippen LogP contribution in [0.4, 0.5) is 5.69 Å². The minimum absolute atomic E-state index is 0.545. The number of benzene rings is 1. The zero-order valence-electron chi connectivity index (χ0n) is 11.7. The van der Waals surface area contributed by atoms with Crippen LogP contribution >= 0.6 is 0 Å². The number of ether oxygens (including phenoxy) is 2. The molecule has 0 aliphatic carbocycles. The van der Waals surface area contributed by atoms with E-state index in [1.165, 1.54) is 12.8 Å². The van der Waals surface area contributed by atoms with Gasteiger partial charge in [0.25, 0.3) is 0 Å². The molecule has 0 bridgehead atoms. The third-order valence-electron chi connectivity index (χ3n) is 3.09. The lowest BCUT2D eigenvalue weighted by Crippen LogP contribution is -2.29. The molecule has 0 aromatic heterocycles. The molecule has 3 heteroatoms. The maximum atomic E-state index is 5.73. The molecule has 1 unspecified atom stereocenters. The van der Waals surface area contributed by atoms with E-state index in [1.54, 1.807) is 0 Å². The average Bonchev–Trinajstić information content (AvgIpc) is 2.59. The van der Waals surface area contributed by atoms with Crippen molar-refractivity contribution in [3.63, 3.8) is 0 Å². The number of hydrogen-bond donors (Lipinski definition) is 1. The van der Waals surface area contributed by atoms with Crippen molar-refractivity contribution in [3.8, 4) is 11.5 Å². The van der Waals surface area contributed by atoms with Crippen LogP contribution < -0.4 is 14.8 Å². The van der Waals surface area contributed by atoms with Crippen LogP contribution in [0, 0.1) is 5.92 Å². The minimum atomic E-state index is -0.545. The maximum absolute atomic E-state index is 5.73. The van der Waals surface area contributed by atoms with Gasteiger partial charge in [-0.1, -0.05) is 20.3 Å². The molecule has 0 saturated heterocycles. The Morgan fingerprint density at radius 2 is 1.94 bits per heavy atom. The van der Waals surface area contributed by atoms with Crippen LogP contribution in [0.2, 0.25) is 0 Å². The van der Waals surface area contributed by atoms with E-state index in [0.717, 1.165) is 23.7 Å². The lowest BCUT2D eigenvalue weighted by molar-refractivity contribution is -0.0431. The molecular weight excluding hydrogens is 226 g/mol. The van der Waals surface area contributed by atoms with Gasteiger partial charge in [0.2, 0.25) is 5.79 Å². The first-order chi connectivity index (χ1) is 8.50. The number of hydrogen-bond acceptors (Lipinski definition) is 3. The van der Waals surface area contributed by atoms with Gasteiger partial charge in [-0.2, -0.15) is 0 Å². The SMILES string of the molecule is CCCC(C)CNc1ccc2c(c1)OC(C)(C)O2. The molecule has 1 heterocycles. The van der Waals surface area contributed by atoms with Gasteiger partial charge in [-0.3, -0.25) is 0 Å². The summed E-state index contributed by atoms with van der Waals surface area (Å²) in [5, 5.41) is 3.45. The first kappa shape index (κ1) is 13.1. The Kier molecular flexibility index (Phi) is 3.69. The Morgan fingerprint density at radius 1 is 1.22 bits per heavy atom. The van der Waals surface area contributed by atoms with Crippen molar-refractivity contribution >= 4 is 5.69 Å².